The first-order chi connectivity index (χ1) is 11.6. The van der Waals surface area contributed by atoms with Crippen LogP contribution in [-0.2, 0) is 6.42 Å². The Balaban J connectivity index is 2.15. The van der Waals surface area contributed by atoms with Gasteiger partial charge in [0.1, 0.15) is 5.69 Å². The molecule has 0 atom stereocenters. The van der Waals surface area contributed by atoms with E-state index in [2.05, 4.69) is 49.2 Å². The van der Waals surface area contributed by atoms with Crippen LogP contribution < -0.4 is 4.57 Å². The van der Waals surface area contributed by atoms with Crippen molar-refractivity contribution in [1.82, 2.24) is 4.98 Å². The topological polar surface area (TPSA) is 19.7 Å². The number of rotatable bonds is 6. The van der Waals surface area contributed by atoms with E-state index < -0.39 is 0 Å². The molecular weight excluding hydrogens is 339 g/mol. The number of aromatic amines is 1. The molecule has 0 saturated carbocycles. The zero-order valence-corrected chi connectivity index (χ0v) is 15.7. The van der Waals surface area contributed by atoms with E-state index in [4.69, 9.17) is 23.2 Å². The Bertz CT molecular complexity index is 852. The second kappa shape index (κ2) is 7.58. The summed E-state index contributed by atoms with van der Waals surface area (Å²) in [6.45, 7) is 4.38. The number of nitrogens with one attached hydrogen (secondary N) is 1. The predicted molar refractivity (Wildman–Crippen MR) is 102 cm³/mol. The number of hydrogen-bond donors (Lipinski definition) is 1. The quantitative estimate of drug-likeness (QED) is 0.399. The smallest absolute Gasteiger partial charge is 0.232 e. The van der Waals surface area contributed by atoms with E-state index in [1.165, 1.54) is 47.6 Å². The Morgan fingerprint density at radius 1 is 1.08 bits per heavy atom. The van der Waals surface area contributed by atoms with Crippen LogP contribution in [0.25, 0.3) is 16.5 Å². The molecule has 24 heavy (non-hydrogen) atoms. The van der Waals surface area contributed by atoms with Gasteiger partial charge in [0.25, 0.3) is 10.3 Å². The highest BCUT2D eigenvalue weighted by Gasteiger charge is 2.22. The molecule has 0 aliphatic heterocycles. The second-order valence-corrected chi connectivity index (χ2v) is 7.04. The maximum Gasteiger partial charge on any atom is 0.260 e. The highest BCUT2D eigenvalue weighted by Crippen LogP contribution is 2.29. The van der Waals surface area contributed by atoms with Gasteiger partial charge < -0.3 is 0 Å². The van der Waals surface area contributed by atoms with Crippen LogP contribution in [0.1, 0.15) is 43.7 Å². The zero-order valence-electron chi connectivity index (χ0n) is 14.2. The molecule has 0 aliphatic rings. The van der Waals surface area contributed by atoms with Gasteiger partial charge in [-0.25, -0.2) is 4.98 Å². The third kappa shape index (κ3) is 3.31. The summed E-state index contributed by atoms with van der Waals surface area (Å²) in [5.41, 5.74) is 3.71. The molecule has 0 fully saturated rings. The summed E-state index contributed by atoms with van der Waals surface area (Å²) in [5.74, 6) is 0. The van der Waals surface area contributed by atoms with Crippen LogP contribution in [0.5, 0.6) is 0 Å². The SMILES string of the molecule is CCCCCCc1c(-[n+]2c[nH]c(Cl)c2Cl)c(C)cc2ccccc12. The zero-order chi connectivity index (χ0) is 17.1. The molecule has 0 aliphatic carbocycles. The van der Waals surface area contributed by atoms with Crippen molar-refractivity contribution in [3.05, 3.63) is 58.1 Å². The third-order valence-corrected chi connectivity index (χ3v) is 5.31. The van der Waals surface area contributed by atoms with Gasteiger partial charge in [0, 0.05) is 5.56 Å². The van der Waals surface area contributed by atoms with Gasteiger partial charge in [-0.1, -0.05) is 50.5 Å². The maximum absolute atomic E-state index is 6.42. The molecule has 1 N–H and O–H groups in total. The van der Waals surface area contributed by atoms with Crippen molar-refractivity contribution < 1.29 is 4.57 Å². The van der Waals surface area contributed by atoms with Gasteiger partial charge in [-0.3, -0.25) is 0 Å². The van der Waals surface area contributed by atoms with Crippen molar-refractivity contribution in [2.24, 2.45) is 0 Å². The average molecular weight is 362 g/mol. The first-order valence-electron chi connectivity index (χ1n) is 8.59. The molecule has 2 aromatic carbocycles. The molecule has 2 nitrogen and oxygen atoms in total. The Morgan fingerprint density at radius 3 is 2.58 bits per heavy atom. The Labute approximate surface area is 153 Å². The molecule has 0 amide bonds. The fraction of sp³-hybridized carbons (Fsp3) is 0.350. The highest BCUT2D eigenvalue weighted by molar-refractivity contribution is 6.39. The van der Waals surface area contributed by atoms with Gasteiger partial charge in [-0.15, -0.1) is 0 Å². The van der Waals surface area contributed by atoms with E-state index in [9.17, 15) is 0 Å². The molecule has 0 bridgehead atoms. The molecule has 0 unspecified atom stereocenters. The van der Waals surface area contributed by atoms with Crippen LogP contribution >= 0.6 is 23.2 Å². The summed E-state index contributed by atoms with van der Waals surface area (Å²) >= 11 is 12.6. The lowest BCUT2D eigenvalue weighted by atomic mass is 9.94. The number of H-pyrrole nitrogens is 1. The third-order valence-electron chi connectivity index (χ3n) is 4.55. The number of aryl methyl sites for hydroxylation is 2. The lowest BCUT2D eigenvalue weighted by Crippen LogP contribution is -2.32. The summed E-state index contributed by atoms with van der Waals surface area (Å²) in [6, 6.07) is 10.8. The summed E-state index contributed by atoms with van der Waals surface area (Å²) in [5, 5.41) is 3.59. The van der Waals surface area contributed by atoms with E-state index in [1.54, 1.807) is 0 Å². The van der Waals surface area contributed by atoms with E-state index >= 15 is 0 Å². The molecule has 4 heteroatoms. The first-order valence-corrected chi connectivity index (χ1v) is 9.34. The van der Waals surface area contributed by atoms with Crippen molar-refractivity contribution in [3.63, 3.8) is 0 Å². The standard InChI is InChI=1S/C20H22Cl2N2/c1-3-4-5-6-11-17-16-10-8-7-9-15(16)12-14(2)18(17)24-13-23-19(21)20(24)22/h7-10,12-13H,3-6,11H2,1-2H3/p+1. The molecule has 0 radical (unpaired) electrons. The second-order valence-electron chi connectivity index (χ2n) is 6.30. The fourth-order valence-corrected chi connectivity index (χ4v) is 3.72. The van der Waals surface area contributed by atoms with Gasteiger partial charge >= 0.3 is 0 Å². The predicted octanol–water partition coefficient (Wildman–Crippen LogP) is 6.18. The first kappa shape index (κ1) is 17.3. The molecule has 1 aromatic heterocycles. The van der Waals surface area contributed by atoms with Crippen LogP contribution in [0.4, 0.5) is 0 Å². The minimum Gasteiger partial charge on any atom is -0.232 e. The molecule has 126 valence electrons. The lowest BCUT2D eigenvalue weighted by molar-refractivity contribution is -0.592. The van der Waals surface area contributed by atoms with Crippen LogP contribution in [0.3, 0.4) is 0 Å². The molecule has 3 aromatic rings. The van der Waals surface area contributed by atoms with Crippen molar-refractivity contribution in [3.8, 4) is 5.69 Å². The Morgan fingerprint density at radius 2 is 1.88 bits per heavy atom. The molecule has 0 saturated heterocycles. The number of unbranched alkanes of at least 4 members (excludes halogenated alkanes) is 3. The summed E-state index contributed by atoms with van der Waals surface area (Å²) in [7, 11) is 0. The van der Waals surface area contributed by atoms with E-state index in [1.807, 2.05) is 10.9 Å². The number of nitrogens with zero attached hydrogens (tertiary/aromatic N) is 1. The van der Waals surface area contributed by atoms with Gasteiger partial charge in [-0.2, -0.15) is 4.57 Å². The Hall–Kier alpha value is -1.51. The maximum atomic E-state index is 6.42. The van der Waals surface area contributed by atoms with Crippen LogP contribution in [0.2, 0.25) is 10.3 Å². The minimum absolute atomic E-state index is 0.473. The van der Waals surface area contributed by atoms with Crippen LogP contribution in [0, 0.1) is 6.92 Å². The van der Waals surface area contributed by atoms with Gasteiger partial charge in [0.15, 0.2) is 0 Å². The fourth-order valence-electron chi connectivity index (χ4n) is 3.39. The molecule has 0 spiro atoms. The number of imidazole rings is 1. The molecule has 3 rings (SSSR count). The van der Waals surface area contributed by atoms with Crippen molar-refractivity contribution in [2.75, 3.05) is 0 Å². The minimum atomic E-state index is 0.473. The van der Waals surface area contributed by atoms with Crippen LogP contribution in [0.15, 0.2) is 36.7 Å². The number of benzene rings is 2. The van der Waals surface area contributed by atoms with Gasteiger partial charge in [0.2, 0.25) is 6.33 Å². The van der Waals surface area contributed by atoms with Crippen LogP contribution in [-0.4, -0.2) is 4.98 Å². The number of halogens is 2. The van der Waals surface area contributed by atoms with E-state index in [-0.39, 0.29) is 0 Å². The number of hydrogen-bond acceptors (Lipinski definition) is 0. The number of fused-ring (bicyclic) bond motifs is 1. The van der Waals surface area contributed by atoms with Gasteiger partial charge in [0.05, 0.1) is 0 Å². The van der Waals surface area contributed by atoms with Crippen molar-refractivity contribution in [1.29, 1.82) is 0 Å². The Kier molecular flexibility index (Phi) is 5.47. The molecule has 1 heterocycles. The lowest BCUT2D eigenvalue weighted by Gasteiger charge is -2.14. The van der Waals surface area contributed by atoms with E-state index in [0.717, 1.165) is 12.1 Å². The van der Waals surface area contributed by atoms with Crippen molar-refractivity contribution in [2.45, 2.75) is 46.0 Å². The highest BCUT2D eigenvalue weighted by atomic mass is 35.5. The van der Waals surface area contributed by atoms with Gasteiger partial charge in [-0.05, 0) is 65.4 Å². The van der Waals surface area contributed by atoms with E-state index in [0.29, 0.717) is 10.3 Å². The summed E-state index contributed by atoms with van der Waals surface area (Å²) in [4.78, 5) is 3.01. The average Bonchev–Trinajstić information content (AvgIpc) is 2.90. The number of aromatic nitrogens is 2. The largest absolute Gasteiger partial charge is 0.260 e. The molecular formula is C20H23Cl2N2+. The summed E-state index contributed by atoms with van der Waals surface area (Å²) < 4.78 is 1.97. The monoisotopic (exact) mass is 361 g/mol. The summed E-state index contributed by atoms with van der Waals surface area (Å²) in [6.07, 6.45) is 7.86. The normalized spacial score (nSPS) is 11.3. The van der Waals surface area contributed by atoms with Crippen molar-refractivity contribution >= 4 is 34.0 Å².